The minimum atomic E-state index is -0.929. The van der Waals surface area contributed by atoms with E-state index in [1.165, 1.54) is 5.56 Å². The van der Waals surface area contributed by atoms with Crippen molar-refractivity contribution in [3.05, 3.63) is 69.7 Å². The minimum absolute atomic E-state index is 0.0549. The zero-order valence-corrected chi connectivity index (χ0v) is 15.4. The molecule has 2 rings (SSSR count). The van der Waals surface area contributed by atoms with Gasteiger partial charge in [0.05, 0.1) is 0 Å². The third-order valence-corrected chi connectivity index (χ3v) is 4.61. The lowest BCUT2D eigenvalue weighted by molar-refractivity contribution is -0.184. The molecule has 2 aromatic carbocycles. The summed E-state index contributed by atoms with van der Waals surface area (Å²) in [5.41, 5.74) is 3.22. The van der Waals surface area contributed by atoms with E-state index in [2.05, 4.69) is 54.9 Å². The molecule has 0 spiro atoms. The Kier molecular flexibility index (Phi) is 5.10. The van der Waals surface area contributed by atoms with E-state index in [0.717, 1.165) is 15.6 Å². The highest BCUT2D eigenvalue weighted by Gasteiger charge is 2.37. The Balaban J connectivity index is 2.68. The Bertz CT molecular complexity index is 626. The maximum atomic E-state index is 5.86. The van der Waals surface area contributed by atoms with Gasteiger partial charge in [-0.3, -0.25) is 0 Å². The van der Waals surface area contributed by atoms with Crippen molar-refractivity contribution in [3.8, 4) is 0 Å². The van der Waals surface area contributed by atoms with Crippen molar-refractivity contribution in [3.63, 3.8) is 0 Å². The normalized spacial score (nSPS) is 12.5. The smallest absolute Gasteiger partial charge is 0.222 e. The molecule has 0 aromatic heterocycles. The van der Waals surface area contributed by atoms with Crippen LogP contribution in [0, 0.1) is 0 Å². The summed E-state index contributed by atoms with van der Waals surface area (Å²) in [6.45, 7) is 6.59. The standard InChI is InChI=1S/C19H23BrO2/c1-18(2,3)15-11-12-17(20)16(13-15)19(21-4,22-5)14-9-7-6-8-10-14/h6-13H,1-5H3. The van der Waals surface area contributed by atoms with Gasteiger partial charge in [-0.2, -0.15) is 0 Å². The van der Waals surface area contributed by atoms with Crippen molar-refractivity contribution in [1.29, 1.82) is 0 Å². The summed E-state index contributed by atoms with van der Waals surface area (Å²) in [6.07, 6.45) is 0. The summed E-state index contributed by atoms with van der Waals surface area (Å²) in [7, 11) is 3.35. The number of ether oxygens (including phenoxy) is 2. The van der Waals surface area contributed by atoms with Crippen molar-refractivity contribution in [2.24, 2.45) is 0 Å². The summed E-state index contributed by atoms with van der Waals surface area (Å²) in [6, 6.07) is 16.4. The Hall–Kier alpha value is -1.16. The van der Waals surface area contributed by atoms with Gasteiger partial charge in [-0.1, -0.05) is 73.1 Å². The molecule has 0 saturated heterocycles. The van der Waals surface area contributed by atoms with Gasteiger partial charge in [0.2, 0.25) is 5.79 Å². The Labute approximate surface area is 141 Å². The minimum Gasteiger partial charge on any atom is -0.346 e. The van der Waals surface area contributed by atoms with Gasteiger partial charge in [-0.05, 0) is 23.1 Å². The highest BCUT2D eigenvalue weighted by molar-refractivity contribution is 9.10. The monoisotopic (exact) mass is 362 g/mol. The average molecular weight is 363 g/mol. The van der Waals surface area contributed by atoms with Crippen molar-refractivity contribution < 1.29 is 9.47 Å². The summed E-state index contributed by atoms with van der Waals surface area (Å²) in [4.78, 5) is 0. The van der Waals surface area contributed by atoms with Gasteiger partial charge in [-0.15, -0.1) is 0 Å². The third kappa shape index (κ3) is 3.12. The first-order valence-electron chi connectivity index (χ1n) is 7.31. The van der Waals surface area contributed by atoms with Crippen LogP contribution < -0.4 is 0 Å². The van der Waals surface area contributed by atoms with Gasteiger partial charge in [0, 0.05) is 29.8 Å². The Morgan fingerprint density at radius 3 is 1.91 bits per heavy atom. The molecule has 0 aliphatic carbocycles. The average Bonchev–Trinajstić information content (AvgIpc) is 2.50. The van der Waals surface area contributed by atoms with Crippen LogP contribution in [0.25, 0.3) is 0 Å². The van der Waals surface area contributed by atoms with E-state index in [-0.39, 0.29) is 5.41 Å². The molecule has 118 valence electrons. The molecule has 0 amide bonds. The molecule has 22 heavy (non-hydrogen) atoms. The molecular formula is C19H23BrO2. The van der Waals surface area contributed by atoms with Crippen molar-refractivity contribution in [1.82, 2.24) is 0 Å². The SMILES string of the molecule is COC(OC)(c1ccccc1)c1cc(C(C)(C)C)ccc1Br. The van der Waals surface area contributed by atoms with Crippen molar-refractivity contribution in [2.45, 2.75) is 32.0 Å². The first kappa shape index (κ1) is 17.2. The lowest BCUT2D eigenvalue weighted by atomic mass is 9.84. The highest BCUT2D eigenvalue weighted by Crippen LogP contribution is 2.40. The van der Waals surface area contributed by atoms with Gasteiger partial charge in [0.1, 0.15) is 0 Å². The number of halogens is 1. The molecule has 2 nitrogen and oxygen atoms in total. The maximum Gasteiger partial charge on any atom is 0.222 e. The first-order valence-corrected chi connectivity index (χ1v) is 8.11. The molecule has 0 bridgehead atoms. The second-order valence-electron chi connectivity index (χ2n) is 6.34. The lowest BCUT2D eigenvalue weighted by Crippen LogP contribution is -2.33. The number of methoxy groups -OCH3 is 2. The summed E-state index contributed by atoms with van der Waals surface area (Å²) in [5.74, 6) is -0.929. The molecule has 0 atom stereocenters. The molecule has 0 fully saturated rings. The topological polar surface area (TPSA) is 18.5 Å². The van der Waals surface area contributed by atoms with E-state index in [9.17, 15) is 0 Å². The highest BCUT2D eigenvalue weighted by atomic mass is 79.9. The molecule has 0 aliphatic heterocycles. The second kappa shape index (κ2) is 6.53. The van der Waals surface area contributed by atoms with Crippen LogP contribution in [0.1, 0.15) is 37.5 Å². The predicted molar refractivity (Wildman–Crippen MR) is 94.1 cm³/mol. The number of hydrogen-bond donors (Lipinski definition) is 0. The van der Waals surface area contributed by atoms with Crippen LogP contribution in [0.15, 0.2) is 53.0 Å². The van der Waals surface area contributed by atoms with E-state index < -0.39 is 5.79 Å². The van der Waals surface area contributed by atoms with Gasteiger partial charge in [0.15, 0.2) is 0 Å². The molecule has 2 aromatic rings. The van der Waals surface area contributed by atoms with E-state index in [1.807, 2.05) is 30.3 Å². The predicted octanol–water partition coefficient (Wildman–Crippen LogP) is 5.24. The van der Waals surface area contributed by atoms with Crippen molar-refractivity contribution in [2.75, 3.05) is 14.2 Å². The Morgan fingerprint density at radius 1 is 0.818 bits per heavy atom. The zero-order chi connectivity index (χ0) is 16.4. The molecule has 0 heterocycles. The van der Waals surface area contributed by atoms with Crippen LogP contribution in [0.5, 0.6) is 0 Å². The van der Waals surface area contributed by atoms with Crippen LogP contribution in [-0.4, -0.2) is 14.2 Å². The first-order chi connectivity index (χ1) is 10.3. The summed E-state index contributed by atoms with van der Waals surface area (Å²) < 4.78 is 12.7. The van der Waals surface area contributed by atoms with E-state index >= 15 is 0 Å². The lowest BCUT2D eigenvalue weighted by Gasteiger charge is -2.34. The number of rotatable bonds is 4. The van der Waals surface area contributed by atoms with E-state index in [0.29, 0.717) is 0 Å². The zero-order valence-electron chi connectivity index (χ0n) is 13.8. The van der Waals surface area contributed by atoms with E-state index in [1.54, 1.807) is 14.2 Å². The van der Waals surface area contributed by atoms with Crippen LogP contribution in [0.3, 0.4) is 0 Å². The van der Waals surface area contributed by atoms with E-state index in [4.69, 9.17) is 9.47 Å². The summed E-state index contributed by atoms with van der Waals surface area (Å²) >= 11 is 3.65. The van der Waals surface area contributed by atoms with Gasteiger partial charge < -0.3 is 9.47 Å². The van der Waals surface area contributed by atoms with Gasteiger partial charge >= 0.3 is 0 Å². The van der Waals surface area contributed by atoms with Gasteiger partial charge in [-0.25, -0.2) is 0 Å². The van der Waals surface area contributed by atoms with Crippen LogP contribution in [0.4, 0.5) is 0 Å². The van der Waals surface area contributed by atoms with Gasteiger partial charge in [0.25, 0.3) is 0 Å². The quantitative estimate of drug-likeness (QED) is 0.692. The fraction of sp³-hybridized carbons (Fsp3) is 0.368. The second-order valence-corrected chi connectivity index (χ2v) is 7.19. The van der Waals surface area contributed by atoms with Crippen LogP contribution in [0.2, 0.25) is 0 Å². The Morgan fingerprint density at radius 2 is 1.41 bits per heavy atom. The number of hydrogen-bond acceptors (Lipinski definition) is 2. The maximum absolute atomic E-state index is 5.86. The molecule has 0 radical (unpaired) electrons. The molecular weight excluding hydrogens is 340 g/mol. The fourth-order valence-electron chi connectivity index (χ4n) is 2.60. The molecule has 0 saturated carbocycles. The molecule has 3 heteroatoms. The van der Waals surface area contributed by atoms with Crippen LogP contribution in [-0.2, 0) is 20.7 Å². The van der Waals surface area contributed by atoms with Crippen LogP contribution >= 0.6 is 15.9 Å². The summed E-state index contributed by atoms with van der Waals surface area (Å²) in [5, 5.41) is 0. The fourth-order valence-corrected chi connectivity index (χ4v) is 3.10. The largest absolute Gasteiger partial charge is 0.346 e. The van der Waals surface area contributed by atoms with Crippen molar-refractivity contribution >= 4 is 15.9 Å². The number of benzene rings is 2. The third-order valence-electron chi connectivity index (χ3n) is 3.92. The molecule has 0 unspecified atom stereocenters. The molecule has 0 aliphatic rings. The molecule has 0 N–H and O–H groups in total.